The summed E-state index contributed by atoms with van der Waals surface area (Å²) in [5.74, 6) is 0. The summed E-state index contributed by atoms with van der Waals surface area (Å²) in [5, 5.41) is 3.97. The molecule has 0 aromatic heterocycles. The van der Waals surface area contributed by atoms with Gasteiger partial charge in [-0.1, -0.05) is 29.9 Å². The highest BCUT2D eigenvalue weighted by atomic mass is 35.5. The SMILES string of the molecule is CC(Nc1cccc(Cl)c1C(N)=S)C1CCCO1. The summed E-state index contributed by atoms with van der Waals surface area (Å²) in [7, 11) is 0. The maximum Gasteiger partial charge on any atom is 0.107 e. The summed E-state index contributed by atoms with van der Waals surface area (Å²) < 4.78 is 5.66. The molecule has 1 heterocycles. The molecule has 1 saturated heterocycles. The van der Waals surface area contributed by atoms with Crippen LogP contribution >= 0.6 is 23.8 Å². The van der Waals surface area contributed by atoms with E-state index in [2.05, 4.69) is 12.2 Å². The second kappa shape index (κ2) is 5.87. The van der Waals surface area contributed by atoms with Crippen molar-refractivity contribution in [1.82, 2.24) is 0 Å². The van der Waals surface area contributed by atoms with Crippen LogP contribution in [0.2, 0.25) is 5.02 Å². The van der Waals surface area contributed by atoms with Crippen molar-refractivity contribution < 1.29 is 4.74 Å². The van der Waals surface area contributed by atoms with Crippen LogP contribution in [0.5, 0.6) is 0 Å². The molecule has 3 N–H and O–H groups in total. The monoisotopic (exact) mass is 284 g/mol. The predicted octanol–water partition coefficient (Wildman–Crippen LogP) is 2.95. The first kappa shape index (κ1) is 13.6. The molecule has 1 fully saturated rings. The Balaban J connectivity index is 2.17. The molecule has 0 aliphatic carbocycles. The van der Waals surface area contributed by atoms with Gasteiger partial charge in [0.2, 0.25) is 0 Å². The Morgan fingerprint density at radius 3 is 3.00 bits per heavy atom. The third kappa shape index (κ3) is 2.94. The number of benzene rings is 1. The molecule has 0 saturated carbocycles. The molecule has 1 aliphatic rings. The van der Waals surface area contributed by atoms with Crippen molar-refractivity contribution in [2.24, 2.45) is 5.73 Å². The first-order valence-corrected chi connectivity index (χ1v) is 6.84. The van der Waals surface area contributed by atoms with E-state index in [0.29, 0.717) is 15.6 Å². The highest BCUT2D eigenvalue weighted by molar-refractivity contribution is 7.80. The second-order valence-electron chi connectivity index (χ2n) is 4.51. The number of thiocarbonyl (C=S) groups is 1. The molecule has 0 bridgehead atoms. The lowest BCUT2D eigenvalue weighted by molar-refractivity contribution is 0.0996. The number of nitrogens with one attached hydrogen (secondary N) is 1. The lowest BCUT2D eigenvalue weighted by Crippen LogP contribution is -2.31. The van der Waals surface area contributed by atoms with Gasteiger partial charge in [0.15, 0.2) is 0 Å². The highest BCUT2D eigenvalue weighted by Gasteiger charge is 2.23. The van der Waals surface area contributed by atoms with Crippen molar-refractivity contribution in [1.29, 1.82) is 0 Å². The smallest absolute Gasteiger partial charge is 0.107 e. The van der Waals surface area contributed by atoms with Crippen molar-refractivity contribution in [2.45, 2.75) is 31.9 Å². The number of anilines is 1. The maximum absolute atomic E-state index is 6.13. The van der Waals surface area contributed by atoms with E-state index in [1.54, 1.807) is 6.07 Å². The van der Waals surface area contributed by atoms with Crippen LogP contribution < -0.4 is 11.1 Å². The van der Waals surface area contributed by atoms with Crippen molar-refractivity contribution >= 4 is 34.5 Å². The average Bonchev–Trinajstić information content (AvgIpc) is 2.81. The van der Waals surface area contributed by atoms with E-state index in [1.807, 2.05) is 12.1 Å². The average molecular weight is 285 g/mol. The Bertz CT molecular complexity index is 447. The molecular weight excluding hydrogens is 268 g/mol. The number of halogens is 1. The molecule has 1 aromatic carbocycles. The van der Waals surface area contributed by atoms with E-state index in [-0.39, 0.29) is 12.1 Å². The Hall–Kier alpha value is -0.840. The maximum atomic E-state index is 6.13. The third-order valence-corrected chi connectivity index (χ3v) is 3.68. The van der Waals surface area contributed by atoms with E-state index in [0.717, 1.165) is 25.1 Å². The molecule has 3 nitrogen and oxygen atoms in total. The van der Waals surface area contributed by atoms with E-state index in [1.165, 1.54) is 0 Å². The van der Waals surface area contributed by atoms with Crippen molar-refractivity contribution in [3.63, 3.8) is 0 Å². The quantitative estimate of drug-likeness (QED) is 0.835. The summed E-state index contributed by atoms with van der Waals surface area (Å²) in [6, 6.07) is 5.82. The first-order valence-electron chi connectivity index (χ1n) is 6.06. The van der Waals surface area contributed by atoms with Crippen LogP contribution in [0.25, 0.3) is 0 Å². The van der Waals surface area contributed by atoms with Gasteiger partial charge in [-0.25, -0.2) is 0 Å². The minimum Gasteiger partial charge on any atom is -0.389 e. The summed E-state index contributed by atoms with van der Waals surface area (Å²) in [6.45, 7) is 2.94. The standard InChI is InChI=1S/C13H17ClN2OS/c1-8(11-6-3-7-17-11)16-10-5-2-4-9(14)12(10)13(15)18/h2,4-5,8,11,16H,3,6-7H2,1H3,(H2,15,18). The van der Waals surface area contributed by atoms with Crippen LogP contribution in [0.3, 0.4) is 0 Å². The molecule has 2 atom stereocenters. The van der Waals surface area contributed by atoms with Gasteiger partial charge in [0.1, 0.15) is 4.99 Å². The van der Waals surface area contributed by atoms with E-state index < -0.39 is 0 Å². The number of rotatable bonds is 4. The fourth-order valence-corrected chi connectivity index (χ4v) is 2.78. The minimum absolute atomic E-state index is 0.207. The zero-order valence-electron chi connectivity index (χ0n) is 10.3. The van der Waals surface area contributed by atoms with Crippen LogP contribution in [0.1, 0.15) is 25.3 Å². The summed E-state index contributed by atoms with van der Waals surface area (Å²) in [4.78, 5) is 0.308. The molecule has 0 amide bonds. The lowest BCUT2D eigenvalue weighted by atomic mass is 10.1. The van der Waals surface area contributed by atoms with E-state index in [4.69, 9.17) is 34.3 Å². The first-order chi connectivity index (χ1) is 8.59. The molecular formula is C13H17ClN2OS. The van der Waals surface area contributed by atoms with Crippen molar-refractivity contribution in [3.05, 3.63) is 28.8 Å². The summed E-state index contributed by atoms with van der Waals surface area (Å²) >= 11 is 11.2. The largest absolute Gasteiger partial charge is 0.389 e. The Kier molecular flexibility index (Phi) is 4.43. The van der Waals surface area contributed by atoms with Crippen LogP contribution in [-0.2, 0) is 4.74 Å². The predicted molar refractivity (Wildman–Crippen MR) is 79.4 cm³/mol. The van der Waals surface area contributed by atoms with Crippen molar-refractivity contribution in [2.75, 3.05) is 11.9 Å². The Labute approximate surface area is 118 Å². The number of hydrogen-bond acceptors (Lipinski definition) is 3. The number of nitrogens with two attached hydrogens (primary N) is 1. The molecule has 2 unspecified atom stereocenters. The van der Waals surface area contributed by atoms with Gasteiger partial charge in [0, 0.05) is 18.3 Å². The Morgan fingerprint density at radius 2 is 2.39 bits per heavy atom. The molecule has 1 aromatic rings. The van der Waals surface area contributed by atoms with E-state index in [9.17, 15) is 0 Å². The summed E-state index contributed by atoms with van der Waals surface area (Å²) in [6.07, 6.45) is 2.44. The molecule has 1 aliphatic heterocycles. The van der Waals surface area contributed by atoms with Crippen LogP contribution in [0.4, 0.5) is 5.69 Å². The molecule has 5 heteroatoms. The molecule has 18 heavy (non-hydrogen) atoms. The van der Waals surface area contributed by atoms with Gasteiger partial charge in [0.25, 0.3) is 0 Å². The van der Waals surface area contributed by atoms with Crippen LogP contribution in [0.15, 0.2) is 18.2 Å². The van der Waals surface area contributed by atoms with Gasteiger partial charge in [-0.3, -0.25) is 0 Å². The van der Waals surface area contributed by atoms with Gasteiger partial charge in [-0.2, -0.15) is 0 Å². The van der Waals surface area contributed by atoms with Gasteiger partial charge >= 0.3 is 0 Å². The zero-order chi connectivity index (χ0) is 13.1. The summed E-state index contributed by atoms with van der Waals surface area (Å²) in [5.41, 5.74) is 7.30. The van der Waals surface area contributed by atoms with Crippen LogP contribution in [-0.4, -0.2) is 23.7 Å². The lowest BCUT2D eigenvalue weighted by Gasteiger charge is -2.23. The van der Waals surface area contributed by atoms with Gasteiger partial charge < -0.3 is 15.8 Å². The zero-order valence-corrected chi connectivity index (χ0v) is 11.9. The fourth-order valence-electron chi connectivity index (χ4n) is 2.23. The molecule has 98 valence electrons. The van der Waals surface area contributed by atoms with Gasteiger partial charge in [-0.15, -0.1) is 0 Å². The second-order valence-corrected chi connectivity index (χ2v) is 5.36. The topological polar surface area (TPSA) is 47.3 Å². The van der Waals surface area contributed by atoms with E-state index >= 15 is 0 Å². The van der Waals surface area contributed by atoms with Crippen LogP contribution in [0, 0.1) is 0 Å². The molecule has 2 rings (SSSR count). The number of hydrogen-bond donors (Lipinski definition) is 2. The number of ether oxygens (including phenoxy) is 1. The minimum atomic E-state index is 0.207. The Morgan fingerprint density at radius 1 is 1.61 bits per heavy atom. The van der Waals surface area contributed by atoms with Gasteiger partial charge in [0.05, 0.1) is 16.7 Å². The highest BCUT2D eigenvalue weighted by Crippen LogP contribution is 2.26. The molecule has 0 spiro atoms. The van der Waals surface area contributed by atoms with Gasteiger partial charge in [-0.05, 0) is 31.9 Å². The van der Waals surface area contributed by atoms with Crippen molar-refractivity contribution in [3.8, 4) is 0 Å². The molecule has 0 radical (unpaired) electrons. The third-order valence-electron chi connectivity index (χ3n) is 3.17. The fraction of sp³-hybridized carbons (Fsp3) is 0.462. The normalized spacial score (nSPS) is 20.7.